The van der Waals surface area contributed by atoms with Crippen molar-refractivity contribution in [2.45, 2.75) is 75.5 Å². The molecule has 0 aliphatic carbocycles. The highest BCUT2D eigenvalue weighted by molar-refractivity contribution is 8.00. The molecule has 20 heteroatoms. The van der Waals surface area contributed by atoms with Crippen LogP contribution in [0.3, 0.4) is 0 Å². The Bertz CT molecular complexity index is 1330. The average Bonchev–Trinajstić information content (AvgIpc) is 3.51. The van der Waals surface area contributed by atoms with E-state index in [1.54, 1.807) is 12.3 Å². The molecule has 1 aromatic heterocycles. The number of unbranched alkanes of at least 4 members (excludes halogenated alkanes) is 4. The van der Waals surface area contributed by atoms with E-state index < -0.39 is 36.2 Å². The highest BCUT2D eigenvalue weighted by Crippen LogP contribution is 2.31. The number of anilines is 1. The first-order valence-corrected chi connectivity index (χ1v) is 16.6. The van der Waals surface area contributed by atoms with E-state index in [2.05, 4.69) is 45.9 Å². The number of benzene rings is 1. The first-order chi connectivity index (χ1) is 23.5. The van der Waals surface area contributed by atoms with E-state index in [1.165, 1.54) is 54.2 Å². The van der Waals surface area contributed by atoms with E-state index in [-0.39, 0.29) is 23.8 Å². The normalized spacial score (nSPS) is 15.6. The van der Waals surface area contributed by atoms with Crippen molar-refractivity contribution >= 4 is 35.5 Å². The van der Waals surface area contributed by atoms with Gasteiger partial charge in [0.05, 0.1) is 19.6 Å². The van der Waals surface area contributed by atoms with Crippen LogP contribution in [0, 0.1) is 0 Å². The molecule has 1 fully saturated rings. The van der Waals surface area contributed by atoms with Crippen LogP contribution in [-0.2, 0) is 30.4 Å². The van der Waals surface area contributed by atoms with E-state index in [0.29, 0.717) is 12.2 Å². The number of nitrogen functional groups attached to an aromatic ring is 1. The molecule has 0 unspecified atom stereocenters. The summed E-state index contributed by atoms with van der Waals surface area (Å²) in [5, 5.41) is 22.3. The molecule has 1 aliphatic rings. The third kappa shape index (κ3) is 20.6. The fourth-order valence-electron chi connectivity index (χ4n) is 4.07. The number of rotatable bonds is 17. The lowest BCUT2D eigenvalue weighted by Gasteiger charge is -2.14. The predicted octanol–water partition coefficient (Wildman–Crippen LogP) is -0.388. The predicted molar refractivity (Wildman–Crippen MR) is 163 cm³/mol. The summed E-state index contributed by atoms with van der Waals surface area (Å²) in [5.74, 6) is -5.43. The van der Waals surface area contributed by atoms with Gasteiger partial charge in [0.15, 0.2) is 0 Å². The lowest BCUT2D eigenvalue weighted by molar-refractivity contribution is -0.671. The Hall–Kier alpha value is -3.88. The Morgan fingerprint density at radius 1 is 0.900 bits per heavy atom. The SMILES string of the molecule is Nc1ccn([C@@H]2CS[C@H](COC(=O)CCCCC[NH2+]CCCCC[NH2+]Cc3ccccc3)O2)c(=O)n1.O=C([O-])C(F)(F)F.O=C([O-])C(F)(F)F. The summed E-state index contributed by atoms with van der Waals surface area (Å²) in [7, 11) is 0. The van der Waals surface area contributed by atoms with Crippen LogP contribution in [0.25, 0.3) is 0 Å². The van der Waals surface area contributed by atoms with Crippen LogP contribution >= 0.6 is 11.8 Å². The number of hydrogen-bond acceptors (Lipinski definition) is 11. The van der Waals surface area contributed by atoms with Crippen molar-refractivity contribution in [2.75, 3.05) is 37.7 Å². The number of carbonyl (C=O) groups excluding carboxylic acids is 3. The number of thioether (sulfide) groups is 1. The molecule has 1 aromatic carbocycles. The van der Waals surface area contributed by atoms with Crippen molar-refractivity contribution < 1.29 is 71.0 Å². The molecule has 0 saturated carbocycles. The van der Waals surface area contributed by atoms with Crippen LogP contribution in [0.5, 0.6) is 0 Å². The fourth-order valence-corrected chi connectivity index (χ4v) is 5.06. The second kappa shape index (κ2) is 23.5. The zero-order valence-corrected chi connectivity index (χ0v) is 27.8. The second-order valence-electron chi connectivity index (χ2n) is 10.7. The van der Waals surface area contributed by atoms with Crippen molar-refractivity contribution in [2.24, 2.45) is 0 Å². The smallest absolute Gasteiger partial charge is 0.430 e. The molecule has 2 aromatic rings. The topological polar surface area (TPSA) is 210 Å². The van der Waals surface area contributed by atoms with Gasteiger partial charge in [-0.3, -0.25) is 9.36 Å². The Morgan fingerprint density at radius 2 is 1.44 bits per heavy atom. The number of carboxylic acids is 2. The molecule has 3 rings (SSSR count). The first-order valence-electron chi connectivity index (χ1n) is 15.5. The molecule has 0 spiro atoms. The molecule has 0 bridgehead atoms. The number of carboxylic acid groups (broad SMARTS) is 2. The highest BCUT2D eigenvalue weighted by Gasteiger charge is 2.30. The zero-order valence-electron chi connectivity index (χ0n) is 27.0. The highest BCUT2D eigenvalue weighted by atomic mass is 32.2. The monoisotopic (exact) mass is 745 g/mol. The molecule has 0 amide bonds. The van der Waals surface area contributed by atoms with Gasteiger partial charge in [-0.15, -0.1) is 11.8 Å². The number of nitrogens with two attached hydrogens (primary N) is 3. The Kier molecular flexibility index (Phi) is 20.8. The van der Waals surface area contributed by atoms with Crippen molar-refractivity contribution in [3.8, 4) is 0 Å². The lowest BCUT2D eigenvalue weighted by Crippen LogP contribution is -2.84. The number of esters is 1. The molecule has 13 nitrogen and oxygen atoms in total. The summed E-state index contributed by atoms with van der Waals surface area (Å²) in [6, 6.07) is 12.2. The second-order valence-corrected chi connectivity index (χ2v) is 11.8. The molecule has 1 aliphatic heterocycles. The van der Waals surface area contributed by atoms with Crippen LogP contribution in [-0.4, -0.2) is 77.2 Å². The van der Waals surface area contributed by atoms with Crippen molar-refractivity contribution in [1.82, 2.24) is 9.55 Å². The summed E-state index contributed by atoms with van der Waals surface area (Å²) in [4.78, 5) is 45.2. The quantitative estimate of drug-likeness (QED) is 0.108. The lowest BCUT2D eigenvalue weighted by atomic mass is 10.2. The third-order valence-corrected chi connectivity index (χ3v) is 7.66. The molecule has 2 atom stereocenters. The van der Waals surface area contributed by atoms with Gasteiger partial charge in [-0.2, -0.15) is 31.3 Å². The summed E-state index contributed by atoms with van der Waals surface area (Å²) in [6.07, 6.45) is -2.00. The number of aromatic nitrogens is 2. The van der Waals surface area contributed by atoms with Gasteiger partial charge < -0.3 is 45.6 Å². The van der Waals surface area contributed by atoms with Crippen molar-refractivity contribution in [3.63, 3.8) is 0 Å². The molecular formula is C30H41F6N5O8S. The van der Waals surface area contributed by atoms with E-state index >= 15 is 0 Å². The number of hydrogen-bond donors (Lipinski definition) is 3. The average molecular weight is 746 g/mol. The van der Waals surface area contributed by atoms with Gasteiger partial charge in [0, 0.05) is 23.9 Å². The minimum Gasteiger partial charge on any atom is -0.542 e. The first kappa shape index (κ1) is 44.1. The third-order valence-electron chi connectivity index (χ3n) is 6.57. The maximum Gasteiger partial charge on any atom is 0.430 e. The van der Waals surface area contributed by atoms with Crippen LogP contribution < -0.4 is 32.3 Å². The minimum absolute atomic E-state index is 0.185. The van der Waals surface area contributed by atoms with Gasteiger partial charge in [-0.1, -0.05) is 30.3 Å². The van der Waals surface area contributed by atoms with E-state index in [0.717, 1.165) is 32.4 Å². The molecule has 2 heterocycles. The molecule has 6 N–H and O–H groups in total. The van der Waals surface area contributed by atoms with E-state index in [9.17, 15) is 35.9 Å². The molecule has 282 valence electrons. The summed E-state index contributed by atoms with van der Waals surface area (Å²) in [5.41, 5.74) is 6.19. The Balaban J connectivity index is 0.000000748. The number of quaternary nitrogens is 2. The molecule has 1 saturated heterocycles. The van der Waals surface area contributed by atoms with Crippen LogP contribution in [0.1, 0.15) is 56.7 Å². The zero-order chi connectivity index (χ0) is 37.6. The summed E-state index contributed by atoms with van der Waals surface area (Å²) >= 11 is 1.52. The number of halogens is 6. The van der Waals surface area contributed by atoms with Gasteiger partial charge in [0.1, 0.15) is 42.6 Å². The van der Waals surface area contributed by atoms with Gasteiger partial charge >= 0.3 is 24.0 Å². The fraction of sp³-hybridized carbons (Fsp3) is 0.567. The van der Waals surface area contributed by atoms with Crippen LogP contribution in [0.2, 0.25) is 0 Å². The van der Waals surface area contributed by atoms with Crippen LogP contribution in [0.4, 0.5) is 32.2 Å². The van der Waals surface area contributed by atoms with Gasteiger partial charge in [0.2, 0.25) is 0 Å². The standard InChI is InChI=1S/C26H39N5O4S.2C2HF3O2/c27-22-13-17-31(26(33)30-22)23-20-36-25(35-23)19-34-24(32)12-6-2-7-14-28-15-8-3-9-16-29-18-21-10-4-1-5-11-21;2*3-2(4,5)1(6)7/h1,4-5,10-11,13,17,23,25,28-29H,2-3,6-9,12,14-16,18-20H2,(H2,27,30,33);2*(H,6,7)/t23-,25+;;/m0../s1. The molecule has 0 radical (unpaired) electrons. The molecule has 50 heavy (non-hydrogen) atoms. The number of carbonyl (C=O) groups is 3. The number of ether oxygens (including phenoxy) is 2. The molecular weight excluding hydrogens is 704 g/mol. The van der Waals surface area contributed by atoms with Gasteiger partial charge in [-0.05, 0) is 44.6 Å². The maximum absolute atomic E-state index is 12.0. The van der Waals surface area contributed by atoms with E-state index in [1.807, 2.05) is 0 Å². The van der Waals surface area contributed by atoms with Gasteiger partial charge in [-0.25, -0.2) is 4.79 Å². The largest absolute Gasteiger partial charge is 0.542 e. The summed E-state index contributed by atoms with van der Waals surface area (Å²) in [6.45, 7) is 4.74. The Morgan fingerprint density at radius 3 is 1.98 bits per heavy atom. The Labute approximate surface area is 287 Å². The van der Waals surface area contributed by atoms with Gasteiger partial charge in [0.25, 0.3) is 0 Å². The van der Waals surface area contributed by atoms with Crippen LogP contribution in [0.15, 0.2) is 47.4 Å². The number of alkyl halides is 6. The maximum atomic E-state index is 12.0. The minimum atomic E-state index is -5.19. The van der Waals surface area contributed by atoms with Crippen molar-refractivity contribution in [3.05, 3.63) is 58.6 Å². The van der Waals surface area contributed by atoms with Crippen molar-refractivity contribution in [1.29, 1.82) is 0 Å². The summed E-state index contributed by atoms with van der Waals surface area (Å²) < 4.78 is 75.7. The number of nitrogens with zero attached hydrogens (tertiary/aromatic N) is 2. The number of aliphatic carboxylic acids is 2. The van der Waals surface area contributed by atoms with E-state index in [4.69, 9.17) is 35.0 Å².